The maximum absolute atomic E-state index is 12.1. The summed E-state index contributed by atoms with van der Waals surface area (Å²) in [6.45, 7) is 11.5. The zero-order chi connectivity index (χ0) is 23.3. The number of hydrogen-bond donors (Lipinski definition) is 0. The summed E-state index contributed by atoms with van der Waals surface area (Å²) in [5.41, 5.74) is 1.82. The summed E-state index contributed by atoms with van der Waals surface area (Å²) in [6, 6.07) is 5.73. The molecule has 3 heteroatoms. The Kier molecular flexibility index (Phi) is 19.4. The van der Waals surface area contributed by atoms with Crippen molar-refractivity contribution < 1.29 is 14.3 Å². The van der Waals surface area contributed by atoms with Gasteiger partial charge in [0.2, 0.25) is 0 Å². The minimum absolute atomic E-state index is 0.242. The van der Waals surface area contributed by atoms with Crippen LogP contribution in [0.5, 0.6) is 5.75 Å². The Labute approximate surface area is 193 Å². The number of ether oxygens (including phenoxy) is 2. The minimum Gasteiger partial charge on any atom is -0.496 e. The Morgan fingerprint density at radius 1 is 0.839 bits per heavy atom. The number of carbonyl (C=O) groups excluding carboxylic acids is 1. The first-order valence-corrected chi connectivity index (χ1v) is 12.9. The number of unbranched alkanes of at least 4 members (excludes halogenated alkanes) is 7. The predicted octanol–water partition coefficient (Wildman–Crippen LogP) is 9.09. The molecule has 0 spiro atoms. The maximum atomic E-state index is 12.1. The van der Waals surface area contributed by atoms with Crippen LogP contribution in [0.25, 0.3) is 0 Å². The molecule has 0 amide bonds. The lowest BCUT2D eigenvalue weighted by atomic mass is 9.79. The summed E-state index contributed by atoms with van der Waals surface area (Å²) in [7, 11) is 1.67. The third kappa shape index (κ3) is 13.5. The molecular formula is C28H50O3. The van der Waals surface area contributed by atoms with Crippen molar-refractivity contribution in [2.45, 2.75) is 124 Å². The molecule has 0 saturated heterocycles. The third-order valence-corrected chi connectivity index (χ3v) is 5.70. The molecule has 1 aliphatic rings. The fraction of sp³-hybridized carbons (Fsp3) is 0.750. The summed E-state index contributed by atoms with van der Waals surface area (Å²) < 4.78 is 10.8. The number of benzene rings is 1. The molecule has 2 rings (SSSR count). The van der Waals surface area contributed by atoms with E-state index in [-0.39, 0.29) is 5.97 Å². The van der Waals surface area contributed by atoms with E-state index >= 15 is 0 Å². The smallest absolute Gasteiger partial charge is 0.338 e. The van der Waals surface area contributed by atoms with Crippen molar-refractivity contribution in [2.24, 2.45) is 0 Å². The summed E-state index contributed by atoms with van der Waals surface area (Å²) in [4.78, 5) is 12.1. The van der Waals surface area contributed by atoms with Crippen LogP contribution in [-0.2, 0) is 4.74 Å². The molecule has 180 valence electrons. The quantitative estimate of drug-likeness (QED) is 0.243. The van der Waals surface area contributed by atoms with Gasteiger partial charge in [0.15, 0.2) is 0 Å². The molecule has 0 radical (unpaired) electrons. The van der Waals surface area contributed by atoms with E-state index in [1.807, 2.05) is 18.2 Å². The van der Waals surface area contributed by atoms with Crippen molar-refractivity contribution in [3.63, 3.8) is 0 Å². The van der Waals surface area contributed by atoms with Gasteiger partial charge in [0, 0.05) is 0 Å². The van der Waals surface area contributed by atoms with Crippen molar-refractivity contribution in [2.75, 3.05) is 13.7 Å². The van der Waals surface area contributed by atoms with Gasteiger partial charge in [-0.15, -0.1) is 0 Å². The molecule has 0 aliphatic heterocycles. The van der Waals surface area contributed by atoms with Crippen LogP contribution in [0.4, 0.5) is 0 Å². The van der Waals surface area contributed by atoms with Crippen molar-refractivity contribution in [3.05, 3.63) is 29.3 Å². The van der Waals surface area contributed by atoms with Crippen LogP contribution < -0.4 is 4.74 Å². The van der Waals surface area contributed by atoms with Crippen molar-refractivity contribution in [1.82, 2.24) is 0 Å². The van der Waals surface area contributed by atoms with Crippen molar-refractivity contribution >= 4 is 5.97 Å². The van der Waals surface area contributed by atoms with E-state index in [4.69, 9.17) is 9.47 Å². The topological polar surface area (TPSA) is 35.5 Å². The minimum atomic E-state index is -0.242. The normalized spacial score (nSPS) is 12.6. The largest absolute Gasteiger partial charge is 0.496 e. The van der Waals surface area contributed by atoms with Gasteiger partial charge in [-0.25, -0.2) is 4.79 Å². The summed E-state index contributed by atoms with van der Waals surface area (Å²) in [5.74, 6) is 1.18. The lowest BCUT2D eigenvalue weighted by Crippen LogP contribution is -2.12. The van der Waals surface area contributed by atoms with E-state index < -0.39 is 0 Å². The molecule has 0 aromatic heterocycles. The second-order valence-corrected chi connectivity index (χ2v) is 8.49. The molecule has 0 N–H and O–H groups in total. The van der Waals surface area contributed by atoms with Crippen LogP contribution in [0, 0.1) is 0 Å². The number of methoxy groups -OCH3 is 1. The van der Waals surface area contributed by atoms with Gasteiger partial charge in [-0.3, -0.25) is 0 Å². The zero-order valence-corrected chi connectivity index (χ0v) is 21.4. The van der Waals surface area contributed by atoms with Gasteiger partial charge in [0.05, 0.1) is 19.3 Å². The van der Waals surface area contributed by atoms with E-state index in [1.165, 1.54) is 76.2 Å². The molecule has 3 nitrogen and oxygen atoms in total. The molecule has 0 atom stereocenters. The van der Waals surface area contributed by atoms with Crippen LogP contribution >= 0.6 is 0 Å². The van der Waals surface area contributed by atoms with Crippen molar-refractivity contribution in [3.8, 4) is 5.75 Å². The van der Waals surface area contributed by atoms with Gasteiger partial charge in [-0.2, -0.15) is 0 Å². The van der Waals surface area contributed by atoms with Crippen LogP contribution in [-0.4, -0.2) is 19.7 Å². The van der Waals surface area contributed by atoms with Crippen LogP contribution in [0.1, 0.15) is 140 Å². The van der Waals surface area contributed by atoms with Gasteiger partial charge in [0.1, 0.15) is 5.75 Å². The molecule has 1 aromatic carbocycles. The number of esters is 1. The van der Waals surface area contributed by atoms with E-state index in [2.05, 4.69) is 34.6 Å². The number of carbonyl (C=O) groups is 1. The van der Waals surface area contributed by atoms with Gasteiger partial charge in [-0.1, -0.05) is 105 Å². The standard InChI is InChI=1S/C19H28O3.C5H12.C4H10/c1-3-4-5-6-7-13-22-19(20)16-11-12-17(15-9-8-10-15)18(14-16)21-2;1-3-5-4-2;1-3-4-2/h11-12,14-15H,3-10,13H2,1-2H3;3-5H2,1-2H3;3-4H2,1-2H3. The Balaban J connectivity index is 0.000000846. The highest BCUT2D eigenvalue weighted by Crippen LogP contribution is 2.41. The monoisotopic (exact) mass is 434 g/mol. The highest BCUT2D eigenvalue weighted by atomic mass is 16.5. The first kappa shape index (κ1) is 29.5. The van der Waals surface area contributed by atoms with Crippen LogP contribution in [0.3, 0.4) is 0 Å². The zero-order valence-electron chi connectivity index (χ0n) is 21.4. The molecule has 0 bridgehead atoms. The van der Waals surface area contributed by atoms with Gasteiger partial charge in [-0.05, 0) is 42.9 Å². The first-order valence-electron chi connectivity index (χ1n) is 12.9. The molecule has 0 unspecified atom stereocenters. The summed E-state index contributed by atoms with van der Waals surface area (Å²) >= 11 is 0. The van der Waals surface area contributed by atoms with E-state index in [0.717, 1.165) is 18.6 Å². The fourth-order valence-corrected chi connectivity index (χ4v) is 3.20. The SMILES string of the molecule is CCCC.CCCCC.CCCCCCCOC(=O)c1ccc(C2CCC2)c(OC)c1. The Morgan fingerprint density at radius 3 is 1.90 bits per heavy atom. The number of rotatable bonds is 12. The van der Waals surface area contributed by atoms with E-state index in [1.54, 1.807) is 7.11 Å². The lowest BCUT2D eigenvalue weighted by molar-refractivity contribution is 0.0497. The summed E-state index contributed by atoms with van der Waals surface area (Å²) in [5, 5.41) is 0. The van der Waals surface area contributed by atoms with E-state index in [9.17, 15) is 4.79 Å². The Hall–Kier alpha value is -1.51. The van der Waals surface area contributed by atoms with Gasteiger partial charge in [0.25, 0.3) is 0 Å². The van der Waals surface area contributed by atoms with Crippen molar-refractivity contribution in [1.29, 1.82) is 0 Å². The average Bonchev–Trinajstić information content (AvgIpc) is 2.76. The Morgan fingerprint density at radius 2 is 1.45 bits per heavy atom. The van der Waals surface area contributed by atoms with Gasteiger partial charge >= 0.3 is 5.97 Å². The first-order chi connectivity index (χ1) is 15.1. The predicted molar refractivity (Wildman–Crippen MR) is 134 cm³/mol. The number of hydrogen-bond acceptors (Lipinski definition) is 3. The summed E-state index contributed by atoms with van der Waals surface area (Å²) in [6.07, 6.45) is 16.2. The Bertz CT molecular complexity index is 545. The van der Waals surface area contributed by atoms with Crippen LogP contribution in [0.15, 0.2) is 18.2 Å². The molecule has 1 saturated carbocycles. The molecule has 1 aliphatic carbocycles. The molecule has 0 heterocycles. The molecular weight excluding hydrogens is 384 g/mol. The third-order valence-electron chi connectivity index (χ3n) is 5.70. The molecule has 1 aromatic rings. The van der Waals surface area contributed by atoms with Gasteiger partial charge < -0.3 is 9.47 Å². The highest BCUT2D eigenvalue weighted by Gasteiger charge is 2.23. The maximum Gasteiger partial charge on any atom is 0.338 e. The van der Waals surface area contributed by atoms with E-state index in [0.29, 0.717) is 18.1 Å². The van der Waals surface area contributed by atoms with Crippen LogP contribution in [0.2, 0.25) is 0 Å². The fourth-order valence-electron chi connectivity index (χ4n) is 3.20. The molecule has 1 fully saturated rings. The molecule has 31 heavy (non-hydrogen) atoms. The lowest BCUT2D eigenvalue weighted by Gasteiger charge is -2.27. The second-order valence-electron chi connectivity index (χ2n) is 8.49. The highest BCUT2D eigenvalue weighted by molar-refractivity contribution is 5.90. The average molecular weight is 435 g/mol. The second kappa shape index (κ2) is 20.4.